The van der Waals surface area contributed by atoms with Gasteiger partial charge in [0.05, 0.1) is 5.56 Å². The number of carbonyl (C=O) groups is 1. The van der Waals surface area contributed by atoms with Crippen LogP contribution in [0.5, 0.6) is 0 Å². The maximum atomic E-state index is 13.6. The molecule has 2 aromatic rings. The molecule has 0 bridgehead atoms. The molecule has 0 saturated heterocycles. The van der Waals surface area contributed by atoms with Gasteiger partial charge < -0.3 is 5.11 Å². The third-order valence-electron chi connectivity index (χ3n) is 2.46. The van der Waals surface area contributed by atoms with Crippen molar-refractivity contribution in [2.24, 2.45) is 0 Å². The van der Waals surface area contributed by atoms with Gasteiger partial charge in [0.25, 0.3) is 5.82 Å². The van der Waals surface area contributed by atoms with Crippen molar-refractivity contribution in [2.45, 2.75) is 13.1 Å². The normalized spacial score (nSPS) is 11.7. The Bertz CT molecular complexity index is 679. The molecule has 0 atom stereocenters. The lowest BCUT2D eigenvalue weighted by molar-refractivity contribution is -0.137. The highest BCUT2D eigenvalue weighted by Crippen LogP contribution is 2.31. The first-order chi connectivity index (χ1) is 9.20. The van der Waals surface area contributed by atoms with Crippen molar-refractivity contribution in [1.82, 2.24) is 14.8 Å². The minimum absolute atomic E-state index is 0.0411. The highest BCUT2D eigenvalue weighted by Gasteiger charge is 2.31. The highest BCUT2D eigenvalue weighted by molar-refractivity contribution is 5.83. The predicted molar refractivity (Wildman–Crippen MR) is 58.0 cm³/mol. The van der Waals surface area contributed by atoms with Crippen LogP contribution in [-0.4, -0.2) is 25.8 Å². The van der Waals surface area contributed by atoms with Gasteiger partial charge in [-0.25, -0.2) is 18.9 Å². The molecule has 2 rings (SSSR count). The van der Waals surface area contributed by atoms with Crippen molar-refractivity contribution in [1.29, 1.82) is 0 Å². The third-order valence-corrected chi connectivity index (χ3v) is 2.46. The van der Waals surface area contributed by atoms with Crippen molar-refractivity contribution >= 4 is 5.97 Å². The highest BCUT2D eigenvalue weighted by atomic mass is 19.4. The Kier molecular flexibility index (Phi) is 3.20. The van der Waals surface area contributed by atoms with Crippen LogP contribution in [0, 0.1) is 12.7 Å². The molecule has 106 valence electrons. The number of hydrogen-bond acceptors (Lipinski definition) is 3. The van der Waals surface area contributed by atoms with Crippen LogP contribution < -0.4 is 0 Å². The van der Waals surface area contributed by atoms with E-state index in [2.05, 4.69) is 10.1 Å². The molecule has 1 aromatic heterocycles. The van der Waals surface area contributed by atoms with Gasteiger partial charge in [-0.1, -0.05) is 0 Å². The smallest absolute Gasteiger partial charge is 0.416 e. The number of rotatable bonds is 2. The van der Waals surface area contributed by atoms with Gasteiger partial charge in [-0.05, 0) is 25.1 Å². The molecule has 0 unspecified atom stereocenters. The average Bonchev–Trinajstić information content (AvgIpc) is 2.70. The number of halogens is 4. The zero-order valence-electron chi connectivity index (χ0n) is 9.94. The fraction of sp³-hybridized carbons (Fsp3) is 0.182. The second kappa shape index (κ2) is 4.58. The molecule has 0 aliphatic rings. The molecular weight excluding hydrogens is 282 g/mol. The first-order valence-electron chi connectivity index (χ1n) is 5.24. The molecule has 0 amide bonds. The lowest BCUT2D eigenvalue weighted by Gasteiger charge is -2.10. The molecule has 1 aromatic carbocycles. The van der Waals surface area contributed by atoms with Crippen molar-refractivity contribution in [3.05, 3.63) is 41.2 Å². The number of alkyl halides is 3. The van der Waals surface area contributed by atoms with E-state index in [4.69, 9.17) is 5.11 Å². The van der Waals surface area contributed by atoms with E-state index in [9.17, 15) is 22.4 Å². The van der Waals surface area contributed by atoms with Gasteiger partial charge in [-0.2, -0.15) is 13.2 Å². The Morgan fingerprint density at radius 1 is 1.35 bits per heavy atom. The van der Waals surface area contributed by atoms with E-state index >= 15 is 0 Å². The summed E-state index contributed by atoms with van der Waals surface area (Å²) in [6.07, 6.45) is -4.65. The molecule has 1 N–H and O–H groups in total. The summed E-state index contributed by atoms with van der Waals surface area (Å²) in [4.78, 5) is 14.2. The summed E-state index contributed by atoms with van der Waals surface area (Å²) < 4.78 is 52.1. The number of benzene rings is 1. The summed E-state index contributed by atoms with van der Waals surface area (Å²) in [5.41, 5.74) is -1.59. The van der Waals surface area contributed by atoms with Crippen LogP contribution >= 0.6 is 0 Å². The fourth-order valence-corrected chi connectivity index (χ4v) is 1.56. The Balaban J connectivity index is 2.60. The first kappa shape index (κ1) is 14.0. The van der Waals surface area contributed by atoms with E-state index in [1.165, 1.54) is 6.92 Å². The summed E-state index contributed by atoms with van der Waals surface area (Å²) in [5, 5.41) is 12.2. The Morgan fingerprint density at radius 3 is 2.50 bits per heavy atom. The summed E-state index contributed by atoms with van der Waals surface area (Å²) in [6.45, 7) is 1.30. The molecule has 1 heterocycles. The molecular formula is C11H7F4N3O2. The van der Waals surface area contributed by atoms with Crippen molar-refractivity contribution < 1.29 is 27.5 Å². The van der Waals surface area contributed by atoms with Crippen molar-refractivity contribution in [2.75, 3.05) is 0 Å². The molecule has 0 aliphatic carbocycles. The predicted octanol–water partition coefficient (Wildman–Crippen LogP) is 2.43. The van der Waals surface area contributed by atoms with Gasteiger partial charge in [0.1, 0.15) is 17.3 Å². The largest absolute Gasteiger partial charge is 0.475 e. The molecule has 0 aliphatic heterocycles. The zero-order chi connectivity index (χ0) is 15.1. The molecule has 0 spiro atoms. The number of carboxylic acids is 1. The van der Waals surface area contributed by atoms with Crippen LogP contribution in [0.15, 0.2) is 18.2 Å². The summed E-state index contributed by atoms with van der Waals surface area (Å²) >= 11 is 0. The molecule has 20 heavy (non-hydrogen) atoms. The minimum atomic E-state index is -4.65. The summed E-state index contributed by atoms with van der Waals surface area (Å²) in [6, 6.07) is 1.77. The summed E-state index contributed by atoms with van der Waals surface area (Å²) in [5.74, 6) is -3.10. The van der Waals surface area contributed by atoms with Gasteiger partial charge in [0.15, 0.2) is 0 Å². The van der Waals surface area contributed by atoms with Crippen LogP contribution in [0.2, 0.25) is 0 Å². The number of aromatic carboxylic acids is 1. The van der Waals surface area contributed by atoms with Crippen LogP contribution in [0.3, 0.4) is 0 Å². The van der Waals surface area contributed by atoms with E-state index in [0.29, 0.717) is 22.9 Å². The standard InChI is InChI=1S/C11H7F4N3O2/c1-5-16-9(10(19)20)17-18(5)8-4-6(11(13,14)15)2-3-7(8)12/h2-4H,1H3,(H,19,20). The van der Waals surface area contributed by atoms with Crippen LogP contribution in [0.4, 0.5) is 17.6 Å². The maximum absolute atomic E-state index is 13.6. The molecule has 0 saturated carbocycles. The molecule has 5 nitrogen and oxygen atoms in total. The SMILES string of the molecule is Cc1nc(C(=O)O)nn1-c1cc(C(F)(F)F)ccc1F. The van der Waals surface area contributed by atoms with Crippen LogP contribution in [0.1, 0.15) is 22.0 Å². The number of aromatic nitrogens is 3. The average molecular weight is 289 g/mol. The van der Waals surface area contributed by atoms with Crippen molar-refractivity contribution in [3.8, 4) is 5.69 Å². The van der Waals surface area contributed by atoms with E-state index in [1.54, 1.807) is 0 Å². The second-order valence-electron chi connectivity index (χ2n) is 3.86. The van der Waals surface area contributed by atoms with Crippen LogP contribution in [0.25, 0.3) is 5.69 Å². The van der Waals surface area contributed by atoms with Gasteiger partial charge >= 0.3 is 12.1 Å². The maximum Gasteiger partial charge on any atom is 0.416 e. The quantitative estimate of drug-likeness (QED) is 0.862. The van der Waals surface area contributed by atoms with Gasteiger partial charge in [-0.3, -0.25) is 0 Å². The van der Waals surface area contributed by atoms with E-state index in [0.717, 1.165) is 0 Å². The van der Waals surface area contributed by atoms with E-state index in [-0.39, 0.29) is 5.82 Å². The molecule has 9 heteroatoms. The van der Waals surface area contributed by atoms with Crippen molar-refractivity contribution in [3.63, 3.8) is 0 Å². The Morgan fingerprint density at radius 2 is 2.00 bits per heavy atom. The Labute approximate surface area is 109 Å². The molecule has 0 fully saturated rings. The monoisotopic (exact) mass is 289 g/mol. The third kappa shape index (κ3) is 2.46. The zero-order valence-corrected chi connectivity index (χ0v) is 9.94. The second-order valence-corrected chi connectivity index (χ2v) is 3.86. The minimum Gasteiger partial charge on any atom is -0.475 e. The van der Waals surface area contributed by atoms with Gasteiger partial charge in [0, 0.05) is 0 Å². The van der Waals surface area contributed by atoms with Crippen LogP contribution in [-0.2, 0) is 6.18 Å². The van der Waals surface area contributed by atoms with Gasteiger partial charge in [0.2, 0.25) is 0 Å². The number of carboxylic acid groups (broad SMARTS) is 1. The lowest BCUT2D eigenvalue weighted by Crippen LogP contribution is -2.09. The van der Waals surface area contributed by atoms with E-state index < -0.39 is 35.0 Å². The number of nitrogens with zero attached hydrogens (tertiary/aromatic N) is 3. The fourth-order valence-electron chi connectivity index (χ4n) is 1.56. The number of aryl methyl sites for hydroxylation is 1. The molecule has 0 radical (unpaired) electrons. The number of hydrogen-bond donors (Lipinski definition) is 1. The Hall–Kier alpha value is -2.45. The van der Waals surface area contributed by atoms with E-state index in [1.807, 2.05) is 0 Å². The topological polar surface area (TPSA) is 68.0 Å². The summed E-state index contributed by atoms with van der Waals surface area (Å²) in [7, 11) is 0. The lowest BCUT2D eigenvalue weighted by atomic mass is 10.2. The van der Waals surface area contributed by atoms with Gasteiger partial charge in [-0.15, -0.1) is 5.10 Å². The first-order valence-corrected chi connectivity index (χ1v) is 5.24.